The molecular formula is C58H95N19. The summed E-state index contributed by atoms with van der Waals surface area (Å²) < 4.78 is 0. The maximum absolute atomic E-state index is 5.57. The third kappa shape index (κ3) is 22.3. The molecule has 422 valence electrons. The quantitative estimate of drug-likeness (QED) is 0.130. The highest BCUT2D eigenvalue weighted by atomic mass is 15.3. The maximum Gasteiger partial charge on any atom is 0.123 e. The Labute approximate surface area is 461 Å². The van der Waals surface area contributed by atoms with Crippen molar-refractivity contribution in [1.29, 1.82) is 0 Å². The topological polar surface area (TPSA) is 224 Å². The summed E-state index contributed by atoms with van der Waals surface area (Å²) in [4.78, 5) is 42.5. The van der Waals surface area contributed by atoms with Gasteiger partial charge in [0.25, 0.3) is 0 Å². The van der Waals surface area contributed by atoms with Gasteiger partial charge in [-0.2, -0.15) is 0 Å². The van der Waals surface area contributed by atoms with Gasteiger partial charge in [-0.25, -0.2) is 24.9 Å². The van der Waals surface area contributed by atoms with Crippen molar-refractivity contribution in [1.82, 2.24) is 69.0 Å². The summed E-state index contributed by atoms with van der Waals surface area (Å²) in [6.45, 7) is 29.0. The smallest absolute Gasteiger partial charge is 0.123 e. The standard InChI is InChI=1S/3C12H20N4.C11H18N4.C11H17N3/c2*1-10-8-16(6-5-15(10)2)9-11-3-4-12(13)14-7-11;1-10-8-15(2)5-6-16(10)9-11-3-4-12(13)14-7-11;1-14-4-6-15(7-5-14)9-10-2-3-11(12)13-8-10;12-11-5-4-10(8-13-11)9-14-6-2-1-3-7-14/h3*3-4,7,10H,5-6,8-9H2,1-2H3,(H2,13,14);2-3,8H,4-7,9H2,1H3,(H2,12,13);4-5,8H,1-3,6-7,9H2,(H2,12,13)/t3*10-;;/m100../s1. The molecule has 5 saturated heterocycles. The fraction of sp³-hybridized carbons (Fsp3) is 0.569. The molecule has 0 aromatic carbocycles. The number of likely N-dealkylation sites (N-methyl/N-ethyl adjacent to an activating group) is 4. The molecule has 19 heteroatoms. The first kappa shape index (κ1) is 60.6. The number of likely N-dealkylation sites (tertiary alicyclic amines) is 1. The van der Waals surface area contributed by atoms with Crippen LogP contribution in [0.25, 0.3) is 0 Å². The zero-order valence-electron chi connectivity index (χ0n) is 47.8. The molecule has 3 atom stereocenters. The van der Waals surface area contributed by atoms with Gasteiger partial charge in [0.15, 0.2) is 0 Å². The summed E-state index contributed by atoms with van der Waals surface area (Å²) >= 11 is 0. The molecular weight excluding hydrogens is 963 g/mol. The largest absolute Gasteiger partial charge is 0.384 e. The molecule has 10 rings (SSSR count). The van der Waals surface area contributed by atoms with E-state index in [0.29, 0.717) is 47.2 Å². The van der Waals surface area contributed by atoms with E-state index in [2.05, 4.69) is 148 Å². The van der Waals surface area contributed by atoms with Crippen LogP contribution in [0.15, 0.2) is 91.6 Å². The molecule has 0 unspecified atom stereocenters. The van der Waals surface area contributed by atoms with Crippen LogP contribution < -0.4 is 28.7 Å². The lowest BCUT2D eigenvalue weighted by molar-refractivity contribution is 0.0937. The summed E-state index contributed by atoms with van der Waals surface area (Å²) in [5, 5.41) is 0. The Morgan fingerprint density at radius 2 is 0.662 bits per heavy atom. The number of aromatic nitrogens is 5. The zero-order valence-corrected chi connectivity index (χ0v) is 47.8. The molecule has 0 aliphatic carbocycles. The van der Waals surface area contributed by atoms with Crippen molar-refractivity contribution in [2.24, 2.45) is 0 Å². The monoisotopic (exact) mass is 1060 g/mol. The van der Waals surface area contributed by atoms with E-state index >= 15 is 0 Å². The van der Waals surface area contributed by atoms with Crippen LogP contribution in [0.5, 0.6) is 0 Å². The van der Waals surface area contributed by atoms with E-state index in [1.807, 2.05) is 61.3 Å². The average Bonchev–Trinajstić information content (AvgIpc) is 3.42. The normalized spacial score (nSPS) is 21.7. The number of pyridine rings is 5. The lowest BCUT2D eigenvalue weighted by Gasteiger charge is -2.38. The summed E-state index contributed by atoms with van der Waals surface area (Å²) in [6.07, 6.45) is 13.4. The Bertz CT molecular complexity index is 2290. The lowest BCUT2D eigenvalue weighted by atomic mass is 10.1. The van der Waals surface area contributed by atoms with Crippen molar-refractivity contribution >= 4 is 29.1 Å². The van der Waals surface area contributed by atoms with Gasteiger partial charge in [0.2, 0.25) is 0 Å². The second kappa shape index (κ2) is 31.7. The van der Waals surface area contributed by atoms with E-state index in [-0.39, 0.29) is 0 Å². The Kier molecular flexibility index (Phi) is 25.0. The van der Waals surface area contributed by atoms with Gasteiger partial charge in [-0.3, -0.25) is 24.5 Å². The number of piperazine rings is 4. The fourth-order valence-electron chi connectivity index (χ4n) is 9.99. The van der Waals surface area contributed by atoms with Crippen molar-refractivity contribution in [2.45, 2.75) is 90.9 Å². The minimum Gasteiger partial charge on any atom is -0.384 e. The maximum atomic E-state index is 5.57. The van der Waals surface area contributed by atoms with Gasteiger partial charge >= 0.3 is 0 Å². The summed E-state index contributed by atoms with van der Waals surface area (Å²) in [6, 6.07) is 21.5. The molecule has 19 nitrogen and oxygen atoms in total. The molecule has 5 aliphatic heterocycles. The van der Waals surface area contributed by atoms with E-state index < -0.39 is 0 Å². The Morgan fingerprint density at radius 3 is 1.00 bits per heavy atom. The number of nitrogens with two attached hydrogens (primary N) is 5. The van der Waals surface area contributed by atoms with Crippen LogP contribution >= 0.6 is 0 Å². The van der Waals surface area contributed by atoms with Crippen molar-refractivity contribution in [3.05, 3.63) is 119 Å². The molecule has 0 bridgehead atoms. The molecule has 5 aromatic heterocycles. The molecule has 0 radical (unpaired) electrons. The lowest BCUT2D eigenvalue weighted by Crippen LogP contribution is -2.49. The molecule has 77 heavy (non-hydrogen) atoms. The van der Waals surface area contributed by atoms with Crippen LogP contribution in [-0.4, -0.2) is 214 Å². The number of hydrogen-bond acceptors (Lipinski definition) is 19. The molecule has 5 aliphatic rings. The zero-order chi connectivity index (χ0) is 55.1. The van der Waals surface area contributed by atoms with Crippen molar-refractivity contribution in [3.63, 3.8) is 0 Å². The van der Waals surface area contributed by atoms with Crippen LogP contribution in [0.2, 0.25) is 0 Å². The third-order valence-corrected chi connectivity index (χ3v) is 15.3. The van der Waals surface area contributed by atoms with E-state index in [0.717, 1.165) is 118 Å². The Balaban J connectivity index is 0.000000156. The van der Waals surface area contributed by atoms with Crippen molar-refractivity contribution in [3.8, 4) is 0 Å². The first-order chi connectivity index (χ1) is 37.0. The predicted molar refractivity (Wildman–Crippen MR) is 317 cm³/mol. The predicted octanol–water partition coefficient (Wildman–Crippen LogP) is 4.46. The van der Waals surface area contributed by atoms with Crippen LogP contribution in [-0.2, 0) is 32.7 Å². The van der Waals surface area contributed by atoms with E-state index in [4.69, 9.17) is 28.7 Å². The highest BCUT2D eigenvalue weighted by Gasteiger charge is 2.23. The molecule has 5 aromatic rings. The number of piperidine rings is 1. The molecule has 5 fully saturated rings. The van der Waals surface area contributed by atoms with Gasteiger partial charge in [0, 0.05) is 167 Å². The minimum absolute atomic E-state index is 0.593. The highest BCUT2D eigenvalue weighted by molar-refractivity contribution is 5.32. The second-order valence-corrected chi connectivity index (χ2v) is 22.1. The average molecular weight is 1060 g/mol. The molecule has 10 N–H and O–H groups in total. The SMILES string of the molecule is CN1CCN(Cc2ccc(N)nc2)CC1.C[C@@H]1CN(Cc2ccc(N)nc2)CCN1C.C[C@H]1CN(C)CCN1Cc1ccc(N)nc1.C[C@H]1CN(Cc2ccc(N)nc2)CCN1C.Nc1ccc(CN2CCCCC2)cn1. The van der Waals surface area contributed by atoms with E-state index in [1.54, 1.807) is 0 Å². The molecule has 0 spiro atoms. The second-order valence-electron chi connectivity index (χ2n) is 22.1. The van der Waals surface area contributed by atoms with E-state index in [9.17, 15) is 0 Å². The van der Waals surface area contributed by atoms with Gasteiger partial charge in [-0.1, -0.05) is 36.8 Å². The number of anilines is 5. The number of hydrogen-bond donors (Lipinski definition) is 5. The van der Waals surface area contributed by atoms with Crippen molar-refractivity contribution < 1.29 is 0 Å². The molecule has 0 amide bonds. The van der Waals surface area contributed by atoms with Gasteiger partial charge in [0.1, 0.15) is 29.1 Å². The summed E-state index contributed by atoms with van der Waals surface area (Å²) in [7, 11) is 8.72. The molecule has 0 saturated carbocycles. The van der Waals surface area contributed by atoms with Gasteiger partial charge in [-0.05, 0) is 133 Å². The summed E-state index contributed by atoms with van der Waals surface area (Å²) in [5.41, 5.74) is 34.0. The fourth-order valence-corrected chi connectivity index (χ4v) is 9.99. The van der Waals surface area contributed by atoms with E-state index in [1.165, 1.54) is 60.2 Å². The molecule has 10 heterocycles. The Hall–Kier alpha value is -5.61. The first-order valence-corrected chi connectivity index (χ1v) is 28.0. The highest BCUT2D eigenvalue weighted by Crippen LogP contribution is 2.17. The number of nitrogen functional groups attached to an aromatic ring is 5. The van der Waals surface area contributed by atoms with Crippen molar-refractivity contribution in [2.75, 3.05) is 155 Å². The van der Waals surface area contributed by atoms with Gasteiger partial charge in [0.05, 0.1) is 0 Å². The number of rotatable bonds is 10. The Morgan fingerprint density at radius 1 is 0.338 bits per heavy atom. The number of nitrogens with zero attached hydrogens (tertiary/aromatic N) is 14. The van der Waals surface area contributed by atoms with Crippen LogP contribution in [0.4, 0.5) is 29.1 Å². The minimum atomic E-state index is 0.593. The first-order valence-electron chi connectivity index (χ1n) is 28.0. The third-order valence-electron chi connectivity index (χ3n) is 15.3. The van der Waals surface area contributed by atoms with Crippen LogP contribution in [0, 0.1) is 0 Å². The van der Waals surface area contributed by atoms with Crippen LogP contribution in [0.3, 0.4) is 0 Å². The van der Waals surface area contributed by atoms with Crippen LogP contribution in [0.1, 0.15) is 67.9 Å². The summed E-state index contributed by atoms with van der Waals surface area (Å²) in [5.74, 6) is 2.98. The van der Waals surface area contributed by atoms with Gasteiger partial charge < -0.3 is 48.3 Å². The van der Waals surface area contributed by atoms with Gasteiger partial charge in [-0.15, -0.1) is 0 Å².